The van der Waals surface area contributed by atoms with Crippen LogP contribution >= 0.6 is 0 Å². The van der Waals surface area contributed by atoms with Crippen LogP contribution in [-0.2, 0) is 4.79 Å². The van der Waals surface area contributed by atoms with Crippen LogP contribution in [0.2, 0.25) is 0 Å². The van der Waals surface area contributed by atoms with E-state index < -0.39 is 11.5 Å². The van der Waals surface area contributed by atoms with Crippen LogP contribution in [0.1, 0.15) is 44.6 Å². The zero-order chi connectivity index (χ0) is 12.6. The number of hydrogen-bond acceptors (Lipinski definition) is 3. The third-order valence-corrected chi connectivity index (χ3v) is 4.09. The van der Waals surface area contributed by atoms with E-state index in [0.29, 0.717) is 12.5 Å². The highest BCUT2D eigenvalue weighted by atomic mass is 16.4. The quantitative estimate of drug-likeness (QED) is 0.850. The van der Waals surface area contributed by atoms with Gasteiger partial charge in [0.1, 0.15) is 5.54 Å². The molecule has 0 spiro atoms. The molecule has 0 aromatic carbocycles. The first-order chi connectivity index (χ1) is 8.70. The first kappa shape index (κ1) is 11.7. The molecule has 1 aromatic heterocycles. The van der Waals surface area contributed by atoms with E-state index >= 15 is 0 Å². The molecule has 2 N–H and O–H groups in total. The van der Waals surface area contributed by atoms with E-state index in [-0.39, 0.29) is 6.04 Å². The van der Waals surface area contributed by atoms with Crippen LogP contribution < -0.4 is 5.32 Å². The van der Waals surface area contributed by atoms with E-state index in [1.807, 2.05) is 16.9 Å². The van der Waals surface area contributed by atoms with Crippen molar-refractivity contribution in [3.63, 3.8) is 0 Å². The summed E-state index contributed by atoms with van der Waals surface area (Å²) in [5.74, 6) is -0.703. The molecule has 5 nitrogen and oxygen atoms in total. The number of aliphatic carboxylic acids is 1. The second kappa shape index (κ2) is 4.39. The highest BCUT2D eigenvalue weighted by Crippen LogP contribution is 2.37. The molecule has 2 unspecified atom stereocenters. The van der Waals surface area contributed by atoms with Crippen molar-refractivity contribution in [2.75, 3.05) is 0 Å². The first-order valence-electron chi connectivity index (χ1n) is 6.70. The largest absolute Gasteiger partial charge is 0.480 e. The van der Waals surface area contributed by atoms with Crippen molar-refractivity contribution in [1.29, 1.82) is 0 Å². The third-order valence-electron chi connectivity index (χ3n) is 4.09. The fourth-order valence-corrected chi connectivity index (χ4v) is 2.97. The molecule has 2 fully saturated rings. The van der Waals surface area contributed by atoms with Crippen molar-refractivity contribution < 1.29 is 9.90 Å². The number of nitrogens with zero attached hydrogens (tertiary/aromatic N) is 2. The van der Waals surface area contributed by atoms with Crippen molar-refractivity contribution in [1.82, 2.24) is 15.1 Å². The van der Waals surface area contributed by atoms with Gasteiger partial charge in [-0.15, -0.1) is 0 Å². The minimum atomic E-state index is -0.740. The van der Waals surface area contributed by atoms with Gasteiger partial charge >= 0.3 is 5.97 Å². The number of aromatic nitrogens is 2. The van der Waals surface area contributed by atoms with Gasteiger partial charge in [0.05, 0.1) is 6.04 Å². The minimum Gasteiger partial charge on any atom is -0.480 e. The van der Waals surface area contributed by atoms with Crippen molar-refractivity contribution in [2.45, 2.75) is 56.1 Å². The molecule has 98 valence electrons. The topological polar surface area (TPSA) is 67.2 Å². The Kier molecular flexibility index (Phi) is 2.86. The average Bonchev–Trinajstić information content (AvgIpc) is 3.00. The molecular formula is C13H19N3O2. The van der Waals surface area contributed by atoms with Gasteiger partial charge in [-0.2, -0.15) is 5.10 Å². The van der Waals surface area contributed by atoms with E-state index in [9.17, 15) is 9.90 Å². The lowest BCUT2D eigenvalue weighted by Crippen LogP contribution is -2.55. The van der Waals surface area contributed by atoms with Gasteiger partial charge in [-0.25, -0.2) is 0 Å². The Balaban J connectivity index is 1.79. The molecule has 18 heavy (non-hydrogen) atoms. The van der Waals surface area contributed by atoms with Crippen LogP contribution in [0.5, 0.6) is 0 Å². The fraction of sp³-hybridized carbons (Fsp3) is 0.692. The lowest BCUT2D eigenvalue weighted by atomic mass is 9.78. The summed E-state index contributed by atoms with van der Waals surface area (Å²) in [4.78, 5) is 11.7. The third kappa shape index (κ3) is 2.14. The molecule has 2 saturated carbocycles. The monoisotopic (exact) mass is 249 g/mol. The summed E-state index contributed by atoms with van der Waals surface area (Å²) in [6.45, 7) is 0. The Morgan fingerprint density at radius 1 is 1.44 bits per heavy atom. The van der Waals surface area contributed by atoms with Gasteiger partial charge in [0, 0.05) is 18.4 Å². The van der Waals surface area contributed by atoms with Crippen LogP contribution in [0.4, 0.5) is 0 Å². The van der Waals surface area contributed by atoms with E-state index in [0.717, 1.165) is 32.1 Å². The van der Waals surface area contributed by atoms with Gasteiger partial charge in [0.15, 0.2) is 0 Å². The molecule has 3 rings (SSSR count). The maximum atomic E-state index is 11.7. The lowest BCUT2D eigenvalue weighted by Gasteiger charge is -2.38. The van der Waals surface area contributed by atoms with Crippen LogP contribution in [0, 0.1) is 0 Å². The van der Waals surface area contributed by atoms with Gasteiger partial charge < -0.3 is 5.11 Å². The Labute approximate surface area is 106 Å². The second-order valence-electron chi connectivity index (χ2n) is 5.54. The van der Waals surface area contributed by atoms with Gasteiger partial charge in [-0.3, -0.25) is 14.8 Å². The summed E-state index contributed by atoms with van der Waals surface area (Å²) in [5, 5.41) is 17.2. The van der Waals surface area contributed by atoms with Gasteiger partial charge in [-0.1, -0.05) is 0 Å². The molecule has 2 aliphatic carbocycles. The average molecular weight is 249 g/mol. The number of carbonyl (C=O) groups is 1. The Bertz CT molecular complexity index is 427. The van der Waals surface area contributed by atoms with Crippen LogP contribution in [0.3, 0.4) is 0 Å². The predicted octanol–water partition coefficient (Wildman–Crippen LogP) is 1.57. The molecule has 0 amide bonds. The highest BCUT2D eigenvalue weighted by Gasteiger charge is 2.46. The van der Waals surface area contributed by atoms with Crippen molar-refractivity contribution >= 4 is 5.97 Å². The van der Waals surface area contributed by atoms with E-state index in [4.69, 9.17) is 0 Å². The predicted molar refractivity (Wildman–Crippen MR) is 66.3 cm³/mol. The minimum absolute atomic E-state index is 0.205. The lowest BCUT2D eigenvalue weighted by molar-refractivity contribution is -0.147. The summed E-state index contributed by atoms with van der Waals surface area (Å²) in [6.07, 6.45) is 9.24. The number of carboxylic acids is 1. The fourth-order valence-electron chi connectivity index (χ4n) is 2.97. The van der Waals surface area contributed by atoms with Gasteiger partial charge in [0.2, 0.25) is 0 Å². The normalized spacial score (nSPS) is 32.3. The van der Waals surface area contributed by atoms with Crippen LogP contribution in [0.15, 0.2) is 18.5 Å². The first-order valence-corrected chi connectivity index (χ1v) is 6.70. The standard InChI is InChI=1S/C13H19N3O2/c17-12(18)13(15-10-4-5-10)6-1-3-11(9-13)16-8-2-7-14-16/h2,7-8,10-11,15H,1,3-6,9H2,(H,17,18). The molecule has 2 atom stereocenters. The summed E-state index contributed by atoms with van der Waals surface area (Å²) in [7, 11) is 0. The molecule has 1 aromatic rings. The van der Waals surface area contributed by atoms with Gasteiger partial charge in [-0.05, 0) is 44.6 Å². The summed E-state index contributed by atoms with van der Waals surface area (Å²) >= 11 is 0. The molecule has 1 heterocycles. The molecule has 0 aliphatic heterocycles. The molecular weight excluding hydrogens is 230 g/mol. The Morgan fingerprint density at radius 2 is 2.28 bits per heavy atom. The number of nitrogens with one attached hydrogen (secondary N) is 1. The number of carboxylic acid groups (broad SMARTS) is 1. The summed E-state index contributed by atoms with van der Waals surface area (Å²) in [6, 6.07) is 2.51. The number of rotatable bonds is 4. The Morgan fingerprint density at radius 3 is 2.89 bits per heavy atom. The zero-order valence-corrected chi connectivity index (χ0v) is 10.4. The van der Waals surface area contributed by atoms with Crippen LogP contribution in [-0.4, -0.2) is 32.4 Å². The zero-order valence-electron chi connectivity index (χ0n) is 10.4. The highest BCUT2D eigenvalue weighted by molar-refractivity contribution is 5.79. The number of hydrogen-bond donors (Lipinski definition) is 2. The molecule has 0 radical (unpaired) electrons. The molecule has 0 saturated heterocycles. The van der Waals surface area contributed by atoms with E-state index in [1.54, 1.807) is 6.20 Å². The van der Waals surface area contributed by atoms with Crippen molar-refractivity contribution in [3.05, 3.63) is 18.5 Å². The van der Waals surface area contributed by atoms with Crippen molar-refractivity contribution in [2.24, 2.45) is 0 Å². The summed E-state index contributed by atoms with van der Waals surface area (Å²) in [5.41, 5.74) is -0.740. The molecule has 2 aliphatic rings. The maximum absolute atomic E-state index is 11.7. The maximum Gasteiger partial charge on any atom is 0.323 e. The van der Waals surface area contributed by atoms with Crippen molar-refractivity contribution in [3.8, 4) is 0 Å². The smallest absolute Gasteiger partial charge is 0.323 e. The summed E-state index contributed by atoms with van der Waals surface area (Å²) < 4.78 is 1.91. The second-order valence-corrected chi connectivity index (χ2v) is 5.54. The SMILES string of the molecule is O=C(O)C1(NC2CC2)CCCC(n2cccn2)C1. The molecule has 5 heteroatoms. The van der Waals surface area contributed by atoms with Gasteiger partial charge in [0.25, 0.3) is 0 Å². The Hall–Kier alpha value is -1.36. The van der Waals surface area contributed by atoms with E-state index in [1.165, 1.54) is 0 Å². The van der Waals surface area contributed by atoms with E-state index in [2.05, 4.69) is 10.4 Å². The van der Waals surface area contributed by atoms with Crippen LogP contribution in [0.25, 0.3) is 0 Å². The molecule has 0 bridgehead atoms.